The molecule has 0 saturated heterocycles. The third-order valence-corrected chi connectivity index (χ3v) is 4.28. The number of benzene rings is 1. The van der Waals surface area contributed by atoms with Gasteiger partial charge in [0.05, 0.1) is 26.2 Å². The lowest BCUT2D eigenvalue weighted by Gasteiger charge is -2.31. The topological polar surface area (TPSA) is 64.6 Å². The second kappa shape index (κ2) is 6.38. The molecule has 1 amide bonds. The Kier molecular flexibility index (Phi) is 4.74. The standard InChI is InChI=1S/C17H23NO4/c1-11-8-14(11)16(20)18-17(2,10-15(19)22-4)12-6-5-7-13(9-12)21-3/h5-7,9,11,14H,8,10H2,1-4H3,(H,18,20)/t11-,14+,17-/m0/s1. The quantitative estimate of drug-likeness (QED) is 0.819. The summed E-state index contributed by atoms with van der Waals surface area (Å²) in [7, 11) is 2.93. The minimum Gasteiger partial charge on any atom is -0.497 e. The Hall–Kier alpha value is -2.04. The highest BCUT2D eigenvalue weighted by atomic mass is 16.5. The Labute approximate surface area is 131 Å². The lowest BCUT2D eigenvalue weighted by Crippen LogP contribution is -2.46. The molecule has 0 aliphatic heterocycles. The molecule has 1 N–H and O–H groups in total. The Morgan fingerprint density at radius 1 is 1.36 bits per heavy atom. The van der Waals surface area contributed by atoms with E-state index in [2.05, 4.69) is 5.32 Å². The molecule has 3 atom stereocenters. The van der Waals surface area contributed by atoms with E-state index in [4.69, 9.17) is 9.47 Å². The van der Waals surface area contributed by atoms with E-state index in [9.17, 15) is 9.59 Å². The van der Waals surface area contributed by atoms with Crippen LogP contribution >= 0.6 is 0 Å². The molecule has 1 aromatic carbocycles. The van der Waals surface area contributed by atoms with Crippen LogP contribution in [0.5, 0.6) is 5.75 Å². The molecule has 0 aromatic heterocycles. The van der Waals surface area contributed by atoms with Crippen molar-refractivity contribution in [3.63, 3.8) is 0 Å². The lowest BCUT2D eigenvalue weighted by atomic mass is 9.88. The van der Waals surface area contributed by atoms with Crippen LogP contribution in [0.25, 0.3) is 0 Å². The molecule has 120 valence electrons. The van der Waals surface area contributed by atoms with Crippen LogP contribution in [0.2, 0.25) is 0 Å². The van der Waals surface area contributed by atoms with Crippen molar-refractivity contribution in [1.82, 2.24) is 5.32 Å². The third kappa shape index (κ3) is 3.59. The van der Waals surface area contributed by atoms with Crippen molar-refractivity contribution >= 4 is 11.9 Å². The number of hydrogen-bond acceptors (Lipinski definition) is 4. The van der Waals surface area contributed by atoms with E-state index in [1.165, 1.54) is 7.11 Å². The van der Waals surface area contributed by atoms with E-state index in [0.29, 0.717) is 11.7 Å². The van der Waals surface area contributed by atoms with Crippen LogP contribution in [0.15, 0.2) is 24.3 Å². The van der Waals surface area contributed by atoms with Crippen LogP contribution in [0.3, 0.4) is 0 Å². The summed E-state index contributed by atoms with van der Waals surface area (Å²) in [6.45, 7) is 3.89. The molecule has 1 saturated carbocycles. The van der Waals surface area contributed by atoms with Gasteiger partial charge in [-0.2, -0.15) is 0 Å². The van der Waals surface area contributed by atoms with Crippen LogP contribution in [0.4, 0.5) is 0 Å². The number of rotatable bonds is 6. The van der Waals surface area contributed by atoms with Crippen LogP contribution in [0.1, 0.15) is 32.3 Å². The van der Waals surface area contributed by atoms with Crippen molar-refractivity contribution < 1.29 is 19.1 Å². The smallest absolute Gasteiger partial charge is 0.308 e. The van der Waals surface area contributed by atoms with Crippen LogP contribution in [0, 0.1) is 11.8 Å². The largest absolute Gasteiger partial charge is 0.497 e. The van der Waals surface area contributed by atoms with Crippen molar-refractivity contribution in [1.29, 1.82) is 0 Å². The first-order chi connectivity index (χ1) is 10.4. The Bertz CT molecular complexity index is 572. The van der Waals surface area contributed by atoms with E-state index < -0.39 is 5.54 Å². The van der Waals surface area contributed by atoms with Gasteiger partial charge in [-0.1, -0.05) is 19.1 Å². The van der Waals surface area contributed by atoms with Gasteiger partial charge in [-0.15, -0.1) is 0 Å². The molecular formula is C17H23NO4. The predicted octanol–water partition coefficient (Wildman–Crippen LogP) is 2.25. The van der Waals surface area contributed by atoms with Gasteiger partial charge in [0, 0.05) is 5.92 Å². The number of nitrogens with one attached hydrogen (secondary N) is 1. The zero-order valence-corrected chi connectivity index (χ0v) is 13.5. The molecule has 1 aliphatic carbocycles. The average molecular weight is 305 g/mol. The van der Waals surface area contributed by atoms with Crippen molar-refractivity contribution in [2.24, 2.45) is 11.8 Å². The zero-order chi connectivity index (χ0) is 16.3. The second-order valence-corrected chi connectivity index (χ2v) is 6.13. The van der Waals surface area contributed by atoms with Crippen LogP contribution in [-0.4, -0.2) is 26.1 Å². The fourth-order valence-corrected chi connectivity index (χ4v) is 2.60. The number of ether oxygens (including phenoxy) is 2. The monoisotopic (exact) mass is 305 g/mol. The molecule has 0 radical (unpaired) electrons. The molecule has 22 heavy (non-hydrogen) atoms. The summed E-state index contributed by atoms with van der Waals surface area (Å²) in [5, 5.41) is 3.02. The van der Waals surface area contributed by atoms with Crippen molar-refractivity contribution in [3.8, 4) is 5.75 Å². The molecule has 5 nitrogen and oxygen atoms in total. The lowest BCUT2D eigenvalue weighted by molar-refractivity contribution is -0.142. The molecular weight excluding hydrogens is 282 g/mol. The van der Waals surface area contributed by atoms with Crippen molar-refractivity contribution in [2.45, 2.75) is 32.2 Å². The normalized spacial score (nSPS) is 22.4. The summed E-state index contributed by atoms with van der Waals surface area (Å²) in [4.78, 5) is 24.1. The Morgan fingerprint density at radius 2 is 2.05 bits per heavy atom. The van der Waals surface area contributed by atoms with Gasteiger partial charge in [-0.3, -0.25) is 9.59 Å². The van der Waals surface area contributed by atoms with Gasteiger partial charge < -0.3 is 14.8 Å². The van der Waals surface area contributed by atoms with Gasteiger partial charge in [0.1, 0.15) is 5.75 Å². The maximum Gasteiger partial charge on any atom is 0.308 e. The predicted molar refractivity (Wildman–Crippen MR) is 82.4 cm³/mol. The number of methoxy groups -OCH3 is 2. The molecule has 1 fully saturated rings. The zero-order valence-electron chi connectivity index (χ0n) is 13.5. The summed E-state index contributed by atoms with van der Waals surface area (Å²) in [5.74, 6) is 0.758. The first kappa shape index (κ1) is 16.3. The van der Waals surface area contributed by atoms with Gasteiger partial charge in [0.2, 0.25) is 5.91 Å². The first-order valence-corrected chi connectivity index (χ1v) is 7.43. The van der Waals surface area contributed by atoms with Crippen LogP contribution in [-0.2, 0) is 19.9 Å². The van der Waals surface area contributed by atoms with Crippen molar-refractivity contribution in [2.75, 3.05) is 14.2 Å². The minimum atomic E-state index is -0.818. The van der Waals surface area contributed by atoms with E-state index in [-0.39, 0.29) is 24.2 Å². The molecule has 0 spiro atoms. The van der Waals surface area contributed by atoms with Gasteiger partial charge in [0.25, 0.3) is 0 Å². The maximum absolute atomic E-state index is 12.3. The number of carbonyl (C=O) groups is 2. The summed E-state index contributed by atoms with van der Waals surface area (Å²) >= 11 is 0. The first-order valence-electron chi connectivity index (χ1n) is 7.43. The SMILES string of the molecule is COC(=O)C[C@](C)(NC(=O)[C@@H]1C[C@@H]1C)c1cccc(OC)c1. The highest BCUT2D eigenvalue weighted by Gasteiger charge is 2.42. The highest BCUT2D eigenvalue weighted by molar-refractivity contribution is 5.83. The van der Waals surface area contributed by atoms with E-state index in [0.717, 1.165) is 12.0 Å². The van der Waals surface area contributed by atoms with Gasteiger partial charge in [-0.25, -0.2) is 0 Å². The number of esters is 1. The maximum atomic E-state index is 12.3. The van der Waals surface area contributed by atoms with E-state index >= 15 is 0 Å². The molecule has 2 rings (SSSR count). The average Bonchev–Trinajstić information content (AvgIpc) is 3.24. The van der Waals surface area contributed by atoms with Gasteiger partial charge in [-0.05, 0) is 37.0 Å². The molecule has 0 heterocycles. The summed E-state index contributed by atoms with van der Waals surface area (Å²) < 4.78 is 10.0. The fraction of sp³-hybridized carbons (Fsp3) is 0.529. The highest BCUT2D eigenvalue weighted by Crippen LogP contribution is 2.39. The second-order valence-electron chi connectivity index (χ2n) is 6.13. The molecule has 5 heteroatoms. The fourth-order valence-electron chi connectivity index (χ4n) is 2.60. The Balaban J connectivity index is 2.27. The van der Waals surface area contributed by atoms with Crippen molar-refractivity contribution in [3.05, 3.63) is 29.8 Å². The summed E-state index contributed by atoms with van der Waals surface area (Å²) in [6.07, 6.45) is 0.974. The van der Waals surface area contributed by atoms with Crippen LogP contribution < -0.4 is 10.1 Å². The summed E-state index contributed by atoms with van der Waals surface area (Å²) in [5.41, 5.74) is 0.00000283. The number of hydrogen-bond donors (Lipinski definition) is 1. The molecule has 0 unspecified atom stereocenters. The molecule has 1 aromatic rings. The number of amides is 1. The van der Waals surface area contributed by atoms with Gasteiger partial charge >= 0.3 is 5.97 Å². The molecule has 0 bridgehead atoms. The Morgan fingerprint density at radius 3 is 2.59 bits per heavy atom. The van der Waals surface area contributed by atoms with E-state index in [1.54, 1.807) is 7.11 Å². The van der Waals surface area contributed by atoms with E-state index in [1.807, 2.05) is 38.1 Å². The number of carbonyl (C=O) groups excluding carboxylic acids is 2. The van der Waals surface area contributed by atoms with Gasteiger partial charge in [0.15, 0.2) is 0 Å². The molecule has 1 aliphatic rings. The third-order valence-electron chi connectivity index (χ3n) is 4.28. The minimum absolute atomic E-state index is 0.0123. The summed E-state index contributed by atoms with van der Waals surface area (Å²) in [6, 6.07) is 7.38.